The summed E-state index contributed by atoms with van der Waals surface area (Å²) in [5.41, 5.74) is 0.0614. The van der Waals surface area contributed by atoms with Crippen molar-refractivity contribution in [3.8, 4) is 0 Å². The standard InChI is InChI=1S/C21H18Cl2FN3O4/c1-21(2)17(16(24)18(21)28)27-14(20(30)31)7-10-3-5-11(6-4-10)26-19(29)15-12(22)8-25-9-13(15)23/h3-6,8-9,14,27H,7H2,1-2H3,(H,26,29)(H,30,31). The zero-order valence-corrected chi connectivity index (χ0v) is 18.0. The van der Waals surface area contributed by atoms with Gasteiger partial charge in [-0.15, -0.1) is 0 Å². The zero-order chi connectivity index (χ0) is 22.9. The number of carboxylic acids is 1. The number of halogens is 3. The molecule has 1 atom stereocenters. The van der Waals surface area contributed by atoms with E-state index in [1.54, 1.807) is 24.3 Å². The number of ketones is 1. The predicted molar refractivity (Wildman–Crippen MR) is 114 cm³/mol. The van der Waals surface area contributed by atoms with E-state index < -0.39 is 34.9 Å². The molecule has 162 valence electrons. The van der Waals surface area contributed by atoms with Gasteiger partial charge in [-0.25, -0.2) is 9.18 Å². The molecule has 1 unspecified atom stereocenters. The van der Waals surface area contributed by atoms with Crippen LogP contribution >= 0.6 is 23.2 Å². The lowest BCUT2D eigenvalue weighted by Gasteiger charge is -2.36. The zero-order valence-electron chi connectivity index (χ0n) is 16.5. The third kappa shape index (κ3) is 4.55. The van der Waals surface area contributed by atoms with Gasteiger partial charge in [0.2, 0.25) is 5.78 Å². The number of nitrogens with zero attached hydrogens (tertiary/aromatic N) is 1. The number of carboxylic acid groups (broad SMARTS) is 1. The van der Waals surface area contributed by atoms with Gasteiger partial charge in [0.15, 0.2) is 5.83 Å². The SMILES string of the molecule is CC1(C)C(=O)C(F)=C1NC(Cc1ccc(NC(=O)c2c(Cl)cncc2Cl)cc1)C(=O)O. The van der Waals surface area contributed by atoms with Crippen LogP contribution < -0.4 is 10.6 Å². The van der Waals surface area contributed by atoms with E-state index in [1.165, 1.54) is 26.2 Å². The molecule has 0 aliphatic heterocycles. The monoisotopic (exact) mass is 465 g/mol. The second-order valence-corrected chi connectivity index (χ2v) is 8.33. The molecule has 1 aliphatic carbocycles. The maximum absolute atomic E-state index is 13.8. The highest BCUT2D eigenvalue weighted by Crippen LogP contribution is 2.41. The molecular formula is C21H18Cl2FN3O4. The lowest BCUT2D eigenvalue weighted by atomic mass is 9.73. The highest BCUT2D eigenvalue weighted by atomic mass is 35.5. The summed E-state index contributed by atoms with van der Waals surface area (Å²) in [5, 5.41) is 15.0. The van der Waals surface area contributed by atoms with E-state index in [0.717, 1.165) is 0 Å². The molecule has 0 saturated heterocycles. The Kier molecular flexibility index (Phi) is 6.33. The van der Waals surface area contributed by atoms with Crippen LogP contribution in [0, 0.1) is 5.41 Å². The van der Waals surface area contributed by atoms with E-state index in [-0.39, 0.29) is 27.7 Å². The molecule has 1 heterocycles. The lowest BCUT2D eigenvalue weighted by Crippen LogP contribution is -2.50. The highest BCUT2D eigenvalue weighted by Gasteiger charge is 2.48. The third-order valence-corrected chi connectivity index (χ3v) is 5.53. The van der Waals surface area contributed by atoms with Crippen LogP contribution in [0.2, 0.25) is 10.0 Å². The fourth-order valence-corrected chi connectivity index (χ4v) is 3.65. The van der Waals surface area contributed by atoms with Gasteiger partial charge in [-0.3, -0.25) is 14.6 Å². The largest absolute Gasteiger partial charge is 0.480 e. The average Bonchev–Trinajstić information content (AvgIpc) is 2.71. The number of carbonyl (C=O) groups is 3. The average molecular weight is 466 g/mol. The van der Waals surface area contributed by atoms with Crippen LogP contribution in [0.3, 0.4) is 0 Å². The van der Waals surface area contributed by atoms with Gasteiger partial charge < -0.3 is 15.7 Å². The van der Waals surface area contributed by atoms with Crippen molar-refractivity contribution in [3.63, 3.8) is 0 Å². The van der Waals surface area contributed by atoms with Crippen molar-refractivity contribution in [1.29, 1.82) is 0 Å². The molecule has 0 saturated carbocycles. The Morgan fingerprint density at radius 3 is 2.26 bits per heavy atom. The van der Waals surface area contributed by atoms with Crippen molar-refractivity contribution < 1.29 is 23.9 Å². The molecule has 7 nitrogen and oxygen atoms in total. The number of anilines is 1. The van der Waals surface area contributed by atoms with E-state index in [4.69, 9.17) is 23.2 Å². The minimum absolute atomic E-state index is 0.0140. The van der Waals surface area contributed by atoms with Gasteiger partial charge in [-0.1, -0.05) is 35.3 Å². The van der Waals surface area contributed by atoms with Crippen molar-refractivity contribution in [1.82, 2.24) is 10.3 Å². The summed E-state index contributed by atoms with van der Waals surface area (Å²) >= 11 is 12.0. The van der Waals surface area contributed by atoms with Gasteiger partial charge >= 0.3 is 5.97 Å². The molecule has 1 amide bonds. The van der Waals surface area contributed by atoms with Crippen molar-refractivity contribution in [2.75, 3.05) is 5.32 Å². The molecule has 1 aliphatic rings. The summed E-state index contributed by atoms with van der Waals surface area (Å²) in [6, 6.07) is 5.30. The van der Waals surface area contributed by atoms with Gasteiger partial charge in [-0.05, 0) is 31.5 Å². The molecule has 3 N–H and O–H groups in total. The predicted octanol–water partition coefficient (Wildman–Crippen LogP) is 4.02. The number of allylic oxidation sites excluding steroid dienone is 2. The summed E-state index contributed by atoms with van der Waals surface area (Å²) in [6.45, 7) is 3.05. The summed E-state index contributed by atoms with van der Waals surface area (Å²) in [4.78, 5) is 39.4. The van der Waals surface area contributed by atoms with Crippen LogP contribution in [0.25, 0.3) is 0 Å². The molecule has 0 bridgehead atoms. The number of rotatable bonds is 7. The maximum atomic E-state index is 13.8. The first-order chi connectivity index (χ1) is 14.5. The first-order valence-corrected chi connectivity index (χ1v) is 9.91. The number of hydrogen-bond donors (Lipinski definition) is 3. The lowest BCUT2D eigenvalue weighted by molar-refractivity contribution is -0.140. The number of pyridine rings is 1. The Morgan fingerprint density at radius 2 is 1.74 bits per heavy atom. The van der Waals surface area contributed by atoms with Crippen LogP contribution in [0.4, 0.5) is 10.1 Å². The van der Waals surface area contributed by atoms with Crippen LogP contribution in [-0.4, -0.2) is 33.8 Å². The van der Waals surface area contributed by atoms with Crippen molar-refractivity contribution in [2.24, 2.45) is 5.41 Å². The van der Waals surface area contributed by atoms with E-state index in [2.05, 4.69) is 15.6 Å². The molecule has 10 heteroatoms. The van der Waals surface area contributed by atoms with Gasteiger partial charge in [0.1, 0.15) is 6.04 Å². The molecule has 0 spiro atoms. The molecule has 0 radical (unpaired) electrons. The normalized spacial score (nSPS) is 15.8. The molecular weight excluding hydrogens is 448 g/mol. The Labute approximate surface area is 187 Å². The van der Waals surface area contributed by atoms with Crippen LogP contribution in [0.5, 0.6) is 0 Å². The van der Waals surface area contributed by atoms with Crippen LogP contribution in [-0.2, 0) is 16.0 Å². The fraction of sp³-hybridized carbons (Fsp3) is 0.238. The van der Waals surface area contributed by atoms with E-state index in [1.807, 2.05) is 0 Å². The molecule has 1 aromatic carbocycles. The van der Waals surface area contributed by atoms with Gasteiger partial charge in [0.05, 0.1) is 26.7 Å². The summed E-state index contributed by atoms with van der Waals surface area (Å²) in [7, 11) is 0. The third-order valence-electron chi connectivity index (χ3n) is 4.96. The molecule has 31 heavy (non-hydrogen) atoms. The Morgan fingerprint density at radius 1 is 1.16 bits per heavy atom. The summed E-state index contributed by atoms with van der Waals surface area (Å²) in [5.74, 6) is -3.30. The minimum Gasteiger partial charge on any atom is -0.480 e. The van der Waals surface area contributed by atoms with Crippen LogP contribution in [0.15, 0.2) is 48.2 Å². The molecule has 3 rings (SSSR count). The number of hydrogen-bond acceptors (Lipinski definition) is 5. The molecule has 1 aromatic heterocycles. The number of aliphatic carboxylic acids is 1. The minimum atomic E-state index is -1.19. The maximum Gasteiger partial charge on any atom is 0.326 e. The van der Waals surface area contributed by atoms with Gasteiger partial charge in [0, 0.05) is 24.5 Å². The van der Waals surface area contributed by atoms with E-state index in [0.29, 0.717) is 11.3 Å². The second kappa shape index (κ2) is 8.64. The second-order valence-electron chi connectivity index (χ2n) is 7.51. The quantitative estimate of drug-likeness (QED) is 0.569. The van der Waals surface area contributed by atoms with Crippen molar-refractivity contribution in [2.45, 2.75) is 26.3 Å². The number of benzene rings is 1. The smallest absolute Gasteiger partial charge is 0.326 e. The topological polar surface area (TPSA) is 108 Å². The number of aromatic nitrogens is 1. The molecule has 0 fully saturated rings. The number of amides is 1. The van der Waals surface area contributed by atoms with Crippen molar-refractivity contribution in [3.05, 3.63) is 69.4 Å². The Bertz CT molecular complexity index is 1080. The van der Waals surface area contributed by atoms with E-state index in [9.17, 15) is 23.9 Å². The Hall–Kier alpha value is -2.97. The van der Waals surface area contributed by atoms with Crippen LogP contribution in [0.1, 0.15) is 29.8 Å². The van der Waals surface area contributed by atoms with Crippen molar-refractivity contribution >= 4 is 46.5 Å². The number of carbonyl (C=O) groups excluding carboxylic acids is 2. The fourth-order valence-electron chi connectivity index (χ4n) is 3.11. The first-order valence-electron chi connectivity index (χ1n) is 9.16. The Balaban J connectivity index is 1.70. The van der Waals surface area contributed by atoms with Gasteiger partial charge in [-0.2, -0.15) is 0 Å². The first kappa shape index (κ1) is 22.7. The van der Waals surface area contributed by atoms with E-state index >= 15 is 0 Å². The summed E-state index contributed by atoms with van der Waals surface area (Å²) in [6.07, 6.45) is 2.64. The summed E-state index contributed by atoms with van der Waals surface area (Å²) < 4.78 is 13.8. The number of Topliss-reactive ketones (excluding diaryl/α,β-unsaturated/α-hetero) is 1. The molecule has 2 aromatic rings. The van der Waals surface area contributed by atoms with Gasteiger partial charge in [0.25, 0.3) is 5.91 Å². The highest BCUT2D eigenvalue weighted by molar-refractivity contribution is 6.40. The number of nitrogens with one attached hydrogen (secondary N) is 2.